The maximum Gasteiger partial charge on any atom is 0.131 e. The molecule has 0 saturated carbocycles. The quantitative estimate of drug-likeness (QED) is 0.854. The van der Waals surface area contributed by atoms with Gasteiger partial charge < -0.3 is 5.11 Å². The number of benzene rings is 2. The second-order valence-corrected chi connectivity index (χ2v) is 4.19. The van der Waals surface area contributed by atoms with E-state index in [-0.39, 0.29) is 18.3 Å². The van der Waals surface area contributed by atoms with Gasteiger partial charge in [-0.1, -0.05) is 49.4 Å². The number of aliphatic hydroxyl groups is 1. The number of halogens is 1. The van der Waals surface area contributed by atoms with Gasteiger partial charge in [0.2, 0.25) is 0 Å². The Balaban J connectivity index is 2.33. The first-order chi connectivity index (χ1) is 8.22. The Morgan fingerprint density at radius 1 is 1.06 bits per heavy atom. The molecule has 0 aliphatic carbocycles. The molecule has 0 heterocycles. The molecule has 0 aliphatic heterocycles. The van der Waals surface area contributed by atoms with Crippen molar-refractivity contribution in [3.05, 3.63) is 59.9 Å². The molecule has 0 saturated heterocycles. The fourth-order valence-electron chi connectivity index (χ4n) is 1.79. The number of hydrogen-bond acceptors (Lipinski definition) is 1. The van der Waals surface area contributed by atoms with Crippen LogP contribution in [-0.4, -0.2) is 11.7 Å². The molecule has 1 N–H and O–H groups in total. The molecule has 0 fully saturated rings. The van der Waals surface area contributed by atoms with Gasteiger partial charge >= 0.3 is 0 Å². The highest BCUT2D eigenvalue weighted by Crippen LogP contribution is 2.24. The van der Waals surface area contributed by atoms with E-state index < -0.39 is 0 Å². The van der Waals surface area contributed by atoms with Crippen LogP contribution >= 0.6 is 0 Å². The minimum atomic E-state index is -0.213. The normalized spacial score (nSPS) is 12.4. The SMILES string of the molecule is CC(CO)c1ccc(-c2ccccc2F)cc1. The van der Waals surface area contributed by atoms with E-state index in [4.69, 9.17) is 5.11 Å². The zero-order valence-corrected chi connectivity index (χ0v) is 9.73. The predicted octanol–water partition coefficient (Wildman–Crippen LogP) is 3.59. The third kappa shape index (κ3) is 2.53. The van der Waals surface area contributed by atoms with Crippen molar-refractivity contribution in [1.29, 1.82) is 0 Å². The molecular formula is C15H15FO. The summed E-state index contributed by atoms with van der Waals surface area (Å²) in [5.74, 6) is -0.0971. The largest absolute Gasteiger partial charge is 0.396 e. The molecular weight excluding hydrogens is 215 g/mol. The number of rotatable bonds is 3. The zero-order chi connectivity index (χ0) is 12.3. The summed E-state index contributed by atoms with van der Waals surface area (Å²) in [5, 5.41) is 9.06. The molecule has 17 heavy (non-hydrogen) atoms. The van der Waals surface area contributed by atoms with Crippen LogP contribution in [0, 0.1) is 5.82 Å². The fourth-order valence-corrected chi connectivity index (χ4v) is 1.79. The molecule has 2 aromatic carbocycles. The van der Waals surface area contributed by atoms with Crippen LogP contribution < -0.4 is 0 Å². The van der Waals surface area contributed by atoms with Gasteiger partial charge in [-0.3, -0.25) is 0 Å². The summed E-state index contributed by atoms with van der Waals surface area (Å²) in [4.78, 5) is 0. The van der Waals surface area contributed by atoms with Crippen LogP contribution in [0.4, 0.5) is 4.39 Å². The highest BCUT2D eigenvalue weighted by Gasteiger charge is 2.06. The van der Waals surface area contributed by atoms with Crippen LogP contribution in [0.2, 0.25) is 0 Å². The standard InChI is InChI=1S/C15H15FO/c1-11(10-17)12-6-8-13(9-7-12)14-4-2-3-5-15(14)16/h2-9,11,17H,10H2,1H3. The van der Waals surface area contributed by atoms with Crippen LogP contribution in [0.1, 0.15) is 18.4 Å². The summed E-state index contributed by atoms with van der Waals surface area (Å²) in [6.45, 7) is 2.08. The number of hydrogen-bond donors (Lipinski definition) is 1. The fraction of sp³-hybridized carbons (Fsp3) is 0.200. The molecule has 1 atom stereocenters. The molecule has 0 radical (unpaired) electrons. The first-order valence-electron chi connectivity index (χ1n) is 5.68. The van der Waals surface area contributed by atoms with Crippen LogP contribution in [-0.2, 0) is 0 Å². The maximum absolute atomic E-state index is 13.6. The summed E-state index contributed by atoms with van der Waals surface area (Å²) in [7, 11) is 0. The van der Waals surface area contributed by atoms with Crippen molar-refractivity contribution in [3.8, 4) is 11.1 Å². The minimum absolute atomic E-state index is 0.115. The topological polar surface area (TPSA) is 20.2 Å². The third-order valence-electron chi connectivity index (χ3n) is 2.94. The van der Waals surface area contributed by atoms with Crippen LogP contribution in [0.15, 0.2) is 48.5 Å². The molecule has 0 bridgehead atoms. The molecule has 88 valence electrons. The monoisotopic (exact) mass is 230 g/mol. The van der Waals surface area contributed by atoms with E-state index in [9.17, 15) is 4.39 Å². The smallest absolute Gasteiger partial charge is 0.131 e. The molecule has 2 aromatic rings. The van der Waals surface area contributed by atoms with Gasteiger partial charge in [0.15, 0.2) is 0 Å². The summed E-state index contributed by atoms with van der Waals surface area (Å²) in [5.41, 5.74) is 2.53. The van der Waals surface area contributed by atoms with E-state index >= 15 is 0 Å². The lowest BCUT2D eigenvalue weighted by Gasteiger charge is -2.09. The summed E-state index contributed by atoms with van der Waals surface area (Å²) >= 11 is 0. The van der Waals surface area contributed by atoms with Gasteiger partial charge in [0.1, 0.15) is 5.82 Å². The predicted molar refractivity (Wildman–Crippen MR) is 67.3 cm³/mol. The Morgan fingerprint density at radius 3 is 2.29 bits per heavy atom. The van der Waals surface area contributed by atoms with Crippen LogP contribution in [0.25, 0.3) is 11.1 Å². The summed E-state index contributed by atoms with van der Waals surface area (Å²) in [6, 6.07) is 14.4. The van der Waals surface area contributed by atoms with Crippen molar-refractivity contribution in [2.45, 2.75) is 12.8 Å². The van der Waals surface area contributed by atoms with E-state index in [0.717, 1.165) is 11.1 Å². The van der Waals surface area contributed by atoms with Crippen molar-refractivity contribution in [1.82, 2.24) is 0 Å². The van der Waals surface area contributed by atoms with Crippen molar-refractivity contribution >= 4 is 0 Å². The molecule has 1 nitrogen and oxygen atoms in total. The average molecular weight is 230 g/mol. The molecule has 0 amide bonds. The Morgan fingerprint density at radius 2 is 1.71 bits per heavy atom. The first-order valence-corrected chi connectivity index (χ1v) is 5.68. The van der Waals surface area contributed by atoms with E-state index in [2.05, 4.69) is 0 Å². The van der Waals surface area contributed by atoms with E-state index in [1.165, 1.54) is 6.07 Å². The minimum Gasteiger partial charge on any atom is -0.396 e. The van der Waals surface area contributed by atoms with Gasteiger partial charge in [-0.2, -0.15) is 0 Å². The summed E-state index contributed by atoms with van der Waals surface area (Å²) in [6.07, 6.45) is 0. The maximum atomic E-state index is 13.6. The Kier molecular flexibility index (Phi) is 3.55. The van der Waals surface area contributed by atoms with Crippen LogP contribution in [0.5, 0.6) is 0 Å². The molecule has 2 rings (SSSR count). The van der Waals surface area contributed by atoms with Gasteiger partial charge in [0.25, 0.3) is 0 Å². The molecule has 0 aromatic heterocycles. The second-order valence-electron chi connectivity index (χ2n) is 4.19. The Hall–Kier alpha value is -1.67. The van der Waals surface area contributed by atoms with Crippen LogP contribution in [0.3, 0.4) is 0 Å². The Bertz CT molecular complexity index is 491. The summed E-state index contributed by atoms with van der Waals surface area (Å²) < 4.78 is 13.6. The lowest BCUT2D eigenvalue weighted by molar-refractivity contribution is 0.273. The van der Waals surface area contributed by atoms with Crippen molar-refractivity contribution in [2.75, 3.05) is 6.61 Å². The van der Waals surface area contributed by atoms with E-state index in [1.807, 2.05) is 37.3 Å². The molecule has 1 unspecified atom stereocenters. The second kappa shape index (κ2) is 5.11. The van der Waals surface area contributed by atoms with Crippen molar-refractivity contribution in [3.63, 3.8) is 0 Å². The van der Waals surface area contributed by atoms with Gasteiger partial charge in [-0.25, -0.2) is 4.39 Å². The third-order valence-corrected chi connectivity index (χ3v) is 2.94. The van der Waals surface area contributed by atoms with E-state index in [1.54, 1.807) is 12.1 Å². The molecule has 0 spiro atoms. The highest BCUT2D eigenvalue weighted by atomic mass is 19.1. The van der Waals surface area contributed by atoms with Gasteiger partial charge in [0.05, 0.1) is 0 Å². The van der Waals surface area contributed by atoms with Crippen molar-refractivity contribution < 1.29 is 9.50 Å². The Labute approximate surface area is 101 Å². The molecule has 0 aliphatic rings. The van der Waals surface area contributed by atoms with E-state index in [0.29, 0.717) is 5.56 Å². The van der Waals surface area contributed by atoms with Gasteiger partial charge in [0, 0.05) is 18.1 Å². The lowest BCUT2D eigenvalue weighted by atomic mass is 9.98. The average Bonchev–Trinajstić information content (AvgIpc) is 2.39. The first kappa shape index (κ1) is 11.8. The van der Waals surface area contributed by atoms with Crippen molar-refractivity contribution in [2.24, 2.45) is 0 Å². The molecule has 2 heteroatoms. The van der Waals surface area contributed by atoms with Gasteiger partial charge in [-0.05, 0) is 17.2 Å². The lowest BCUT2D eigenvalue weighted by Crippen LogP contribution is -1.98. The van der Waals surface area contributed by atoms with Gasteiger partial charge in [-0.15, -0.1) is 0 Å². The highest BCUT2D eigenvalue weighted by molar-refractivity contribution is 5.64. The zero-order valence-electron chi connectivity index (χ0n) is 9.73. The number of aliphatic hydroxyl groups excluding tert-OH is 1.